The van der Waals surface area contributed by atoms with E-state index in [0.29, 0.717) is 34.6 Å². The van der Waals surface area contributed by atoms with Crippen LogP contribution < -0.4 is 26.0 Å². The van der Waals surface area contributed by atoms with Crippen LogP contribution in [-0.2, 0) is 0 Å². The molecule has 0 bridgehead atoms. The lowest BCUT2D eigenvalue weighted by Gasteiger charge is -2.38. The largest absolute Gasteiger partial charge is 0.494 e. The zero-order valence-corrected chi connectivity index (χ0v) is 22.8. The van der Waals surface area contributed by atoms with Gasteiger partial charge in [0, 0.05) is 56.2 Å². The highest BCUT2D eigenvalue weighted by Crippen LogP contribution is 2.36. The van der Waals surface area contributed by atoms with E-state index >= 15 is 0 Å². The van der Waals surface area contributed by atoms with Gasteiger partial charge in [-0.25, -0.2) is 8.78 Å². The molecule has 1 saturated heterocycles. The monoisotopic (exact) mass is 550 g/mol. The maximum atomic E-state index is 14.4. The molecule has 1 aliphatic rings. The van der Waals surface area contributed by atoms with Crippen molar-refractivity contribution in [2.24, 2.45) is 5.73 Å². The van der Waals surface area contributed by atoms with E-state index in [1.54, 1.807) is 19.4 Å². The fourth-order valence-corrected chi connectivity index (χ4v) is 5.03. The quantitative estimate of drug-likeness (QED) is 0.250. The molecule has 12 heteroatoms. The first-order valence-electron chi connectivity index (χ1n) is 13.0. The number of primary amides is 1. The Kier molecular flexibility index (Phi) is 7.44. The molecule has 10 nitrogen and oxygen atoms in total. The van der Waals surface area contributed by atoms with Crippen LogP contribution in [0.15, 0.2) is 36.5 Å². The summed E-state index contributed by atoms with van der Waals surface area (Å²) in [6, 6.07) is 7.80. The van der Waals surface area contributed by atoms with Crippen LogP contribution in [0.25, 0.3) is 11.0 Å². The van der Waals surface area contributed by atoms with Gasteiger partial charge in [0.05, 0.1) is 29.4 Å². The van der Waals surface area contributed by atoms with Crippen LogP contribution in [0, 0.1) is 18.6 Å². The third kappa shape index (κ3) is 5.34. The molecule has 0 atom stereocenters. The van der Waals surface area contributed by atoms with Gasteiger partial charge >= 0.3 is 0 Å². The van der Waals surface area contributed by atoms with E-state index < -0.39 is 23.1 Å². The summed E-state index contributed by atoms with van der Waals surface area (Å²) in [4.78, 5) is 28.8. The molecule has 0 spiro atoms. The summed E-state index contributed by atoms with van der Waals surface area (Å²) in [5.74, 6) is -1.95. The number of aromatic nitrogens is 3. The molecular weight excluding hydrogens is 518 g/mol. The van der Waals surface area contributed by atoms with Gasteiger partial charge in [-0.3, -0.25) is 9.69 Å². The number of nitrogens with two attached hydrogens (primary N) is 1. The Bertz CT molecular complexity index is 1560. The van der Waals surface area contributed by atoms with Gasteiger partial charge in [0.25, 0.3) is 5.91 Å². The smallest absolute Gasteiger partial charge is 0.253 e. The van der Waals surface area contributed by atoms with Crippen LogP contribution in [0.5, 0.6) is 5.75 Å². The molecule has 4 aromatic rings. The van der Waals surface area contributed by atoms with E-state index in [4.69, 9.17) is 10.5 Å². The Hall–Kier alpha value is -4.45. The second-order valence-corrected chi connectivity index (χ2v) is 10.0. The summed E-state index contributed by atoms with van der Waals surface area (Å²) in [6.45, 7) is 10.3. The summed E-state index contributed by atoms with van der Waals surface area (Å²) in [5.41, 5.74) is 8.02. The SMILES string of the molecule is COc1cc(N2CCN(C(C)C)CC2)c(C)cc1Nc1nc(Nc2cc(F)cc(F)c2C(N)=O)c2cc[nH]c2n1. The van der Waals surface area contributed by atoms with Crippen LogP contribution in [0.2, 0.25) is 0 Å². The maximum absolute atomic E-state index is 14.4. The number of nitrogens with zero attached hydrogens (tertiary/aromatic N) is 4. The molecule has 210 valence electrons. The number of hydrogen-bond donors (Lipinski definition) is 4. The minimum atomic E-state index is -1.07. The molecule has 0 saturated carbocycles. The number of fused-ring (bicyclic) bond motifs is 1. The van der Waals surface area contributed by atoms with E-state index in [9.17, 15) is 13.6 Å². The number of aryl methyl sites for hydroxylation is 1. The zero-order valence-electron chi connectivity index (χ0n) is 22.8. The molecule has 1 aliphatic heterocycles. The number of piperazine rings is 1. The molecule has 40 heavy (non-hydrogen) atoms. The Morgan fingerprint density at radius 3 is 2.50 bits per heavy atom. The summed E-state index contributed by atoms with van der Waals surface area (Å²) in [5, 5.41) is 6.62. The number of carbonyl (C=O) groups is 1. The van der Waals surface area contributed by atoms with Crippen LogP contribution in [0.1, 0.15) is 29.8 Å². The molecule has 1 fully saturated rings. The van der Waals surface area contributed by atoms with Crippen LogP contribution in [0.3, 0.4) is 0 Å². The number of anilines is 5. The Morgan fingerprint density at radius 1 is 1.07 bits per heavy atom. The Labute approximate surface area is 230 Å². The molecule has 1 amide bonds. The summed E-state index contributed by atoms with van der Waals surface area (Å²) in [7, 11) is 1.60. The van der Waals surface area contributed by atoms with Crippen molar-refractivity contribution in [3.8, 4) is 5.75 Å². The molecule has 3 heterocycles. The van der Waals surface area contributed by atoms with E-state index in [2.05, 4.69) is 49.2 Å². The molecule has 5 N–H and O–H groups in total. The van der Waals surface area contributed by atoms with Gasteiger partial charge in [-0.15, -0.1) is 0 Å². The average Bonchev–Trinajstić information content (AvgIpc) is 3.37. The first kappa shape index (κ1) is 27.1. The van der Waals surface area contributed by atoms with E-state index in [0.717, 1.165) is 43.5 Å². The fraction of sp³-hybridized carbons (Fsp3) is 0.321. The van der Waals surface area contributed by atoms with Crippen molar-refractivity contribution in [1.82, 2.24) is 19.9 Å². The lowest BCUT2D eigenvalue weighted by molar-refractivity contribution is 0.0997. The topological polar surface area (TPSA) is 124 Å². The van der Waals surface area contributed by atoms with Crippen molar-refractivity contribution in [3.63, 3.8) is 0 Å². The van der Waals surface area contributed by atoms with Gasteiger partial charge in [0.1, 0.15) is 28.8 Å². The van der Waals surface area contributed by atoms with Gasteiger partial charge in [0.15, 0.2) is 0 Å². The van der Waals surface area contributed by atoms with Gasteiger partial charge in [-0.1, -0.05) is 0 Å². The van der Waals surface area contributed by atoms with Crippen molar-refractivity contribution < 1.29 is 18.3 Å². The number of ether oxygens (including phenoxy) is 1. The highest BCUT2D eigenvalue weighted by Gasteiger charge is 2.22. The van der Waals surface area contributed by atoms with Gasteiger partial charge < -0.3 is 31.0 Å². The van der Waals surface area contributed by atoms with E-state index in [1.807, 2.05) is 19.1 Å². The summed E-state index contributed by atoms with van der Waals surface area (Å²) >= 11 is 0. The highest BCUT2D eigenvalue weighted by molar-refractivity contribution is 6.01. The van der Waals surface area contributed by atoms with Crippen LogP contribution in [0.4, 0.5) is 37.6 Å². The third-order valence-electron chi connectivity index (χ3n) is 7.12. The van der Waals surface area contributed by atoms with Crippen LogP contribution in [-0.4, -0.2) is 65.1 Å². The number of H-pyrrole nitrogens is 1. The number of nitrogens with one attached hydrogen (secondary N) is 3. The Balaban J connectivity index is 1.46. The molecule has 0 radical (unpaired) electrons. The molecular formula is C28H32F2N8O2. The highest BCUT2D eigenvalue weighted by atomic mass is 19.1. The molecule has 0 aliphatic carbocycles. The van der Waals surface area contributed by atoms with Gasteiger partial charge in [-0.2, -0.15) is 9.97 Å². The van der Waals surface area contributed by atoms with Crippen molar-refractivity contribution in [2.45, 2.75) is 26.8 Å². The first-order chi connectivity index (χ1) is 19.1. The number of rotatable bonds is 8. The molecule has 2 aromatic heterocycles. The second-order valence-electron chi connectivity index (χ2n) is 10.0. The molecule has 0 unspecified atom stereocenters. The standard InChI is InChI=1S/C28H32F2N8O2/c1-15(2)37-7-9-38(10-8-37)22-14-23(40-4)20(11-16(22)3)34-28-35-26-18(5-6-32-26)27(36-28)33-21-13-17(29)12-19(30)24(21)25(31)39/h5-6,11-15H,7-10H2,1-4H3,(H2,31,39)(H3,32,33,34,35,36). The lowest BCUT2D eigenvalue weighted by Crippen LogP contribution is -2.49. The Morgan fingerprint density at radius 2 is 1.82 bits per heavy atom. The minimum absolute atomic E-state index is 0.146. The zero-order chi connectivity index (χ0) is 28.6. The van der Waals surface area contributed by atoms with Gasteiger partial charge in [-0.05, 0) is 44.5 Å². The van der Waals surface area contributed by atoms with Crippen molar-refractivity contribution in [2.75, 3.05) is 48.8 Å². The fourth-order valence-electron chi connectivity index (χ4n) is 5.03. The number of hydrogen-bond acceptors (Lipinski definition) is 8. The number of benzene rings is 2. The number of carbonyl (C=O) groups excluding carboxylic acids is 1. The number of halogens is 2. The number of methoxy groups -OCH3 is 1. The molecule has 5 rings (SSSR count). The third-order valence-corrected chi connectivity index (χ3v) is 7.12. The predicted molar refractivity (Wildman–Crippen MR) is 152 cm³/mol. The maximum Gasteiger partial charge on any atom is 0.253 e. The normalized spacial score (nSPS) is 14.1. The summed E-state index contributed by atoms with van der Waals surface area (Å²) < 4.78 is 34.1. The average molecular weight is 551 g/mol. The van der Waals surface area contributed by atoms with E-state index in [1.165, 1.54) is 0 Å². The second kappa shape index (κ2) is 11.0. The van der Waals surface area contributed by atoms with Crippen molar-refractivity contribution in [3.05, 3.63) is 59.3 Å². The van der Waals surface area contributed by atoms with Crippen LogP contribution >= 0.6 is 0 Å². The first-order valence-corrected chi connectivity index (χ1v) is 13.0. The number of aromatic amines is 1. The number of amides is 1. The van der Waals surface area contributed by atoms with E-state index in [-0.39, 0.29) is 17.5 Å². The van der Waals surface area contributed by atoms with Gasteiger partial charge in [0.2, 0.25) is 5.95 Å². The molecule has 2 aromatic carbocycles. The lowest BCUT2D eigenvalue weighted by atomic mass is 10.1. The van der Waals surface area contributed by atoms with Crippen molar-refractivity contribution >= 4 is 45.8 Å². The summed E-state index contributed by atoms with van der Waals surface area (Å²) in [6.07, 6.45) is 1.66. The minimum Gasteiger partial charge on any atom is -0.494 e. The predicted octanol–water partition coefficient (Wildman–Crippen LogP) is 4.67. The van der Waals surface area contributed by atoms with Crippen molar-refractivity contribution in [1.29, 1.82) is 0 Å².